The molecule has 4 amide bonds. The maximum absolute atomic E-state index is 13.6. The Hall–Kier alpha value is -3.60. The van der Waals surface area contributed by atoms with Crippen LogP contribution in [0.4, 0.5) is 4.79 Å². The van der Waals surface area contributed by atoms with Crippen molar-refractivity contribution in [3.05, 3.63) is 54.1 Å². The molecule has 4 rings (SSSR count). The second-order valence-electron chi connectivity index (χ2n) is 8.59. The molecule has 3 heterocycles. The number of rotatable bonds is 7. The van der Waals surface area contributed by atoms with Gasteiger partial charge in [-0.3, -0.25) is 14.5 Å². The summed E-state index contributed by atoms with van der Waals surface area (Å²) in [6.45, 7) is 2.85. The first-order chi connectivity index (χ1) is 16.0. The van der Waals surface area contributed by atoms with Crippen LogP contribution in [0, 0.1) is 17.8 Å². The number of carbonyl (C=O) groups excluding carboxylic acids is 3. The maximum atomic E-state index is 13.6. The number of imidazole rings is 1. The van der Waals surface area contributed by atoms with Crippen LogP contribution in [-0.4, -0.2) is 62.8 Å². The number of hydrogen-bond donors (Lipinski definition) is 2. The third-order valence-corrected chi connectivity index (χ3v) is 6.70. The molecule has 1 atom stereocenters. The van der Waals surface area contributed by atoms with E-state index in [4.69, 9.17) is 0 Å². The number of nitrogens with zero attached hydrogens (tertiary/aromatic N) is 3. The third-order valence-electron chi connectivity index (χ3n) is 6.70. The van der Waals surface area contributed by atoms with Crippen molar-refractivity contribution in [1.82, 2.24) is 25.1 Å². The topological polar surface area (TPSA) is 98.4 Å². The lowest BCUT2D eigenvalue weighted by atomic mass is 9.74. The van der Waals surface area contributed by atoms with Gasteiger partial charge in [0.2, 0.25) is 0 Å². The number of likely N-dealkylation sites (tertiary alicyclic amines) is 1. The van der Waals surface area contributed by atoms with Crippen LogP contribution in [0.1, 0.15) is 48.7 Å². The molecular weight excluding hydrogens is 418 g/mol. The highest BCUT2D eigenvalue weighted by molar-refractivity contribution is 6.07. The minimum atomic E-state index is -0.954. The van der Waals surface area contributed by atoms with Gasteiger partial charge in [0.25, 0.3) is 11.8 Å². The Labute approximate surface area is 193 Å². The molecule has 33 heavy (non-hydrogen) atoms. The van der Waals surface area contributed by atoms with Crippen molar-refractivity contribution in [3.8, 4) is 11.8 Å². The Morgan fingerprint density at radius 2 is 1.97 bits per heavy atom. The van der Waals surface area contributed by atoms with E-state index >= 15 is 0 Å². The fraction of sp³-hybridized carbons (Fsp3) is 0.440. The number of aromatic amines is 1. The van der Waals surface area contributed by atoms with Crippen molar-refractivity contribution >= 4 is 17.8 Å². The summed E-state index contributed by atoms with van der Waals surface area (Å²) in [5, 5.41) is 3.05. The minimum Gasteiger partial charge on any atom is -0.341 e. The molecule has 2 aliphatic heterocycles. The Balaban J connectivity index is 1.49. The van der Waals surface area contributed by atoms with Gasteiger partial charge in [0.05, 0.1) is 19.1 Å². The van der Waals surface area contributed by atoms with Crippen molar-refractivity contribution in [2.24, 2.45) is 5.92 Å². The van der Waals surface area contributed by atoms with E-state index in [0.29, 0.717) is 38.0 Å². The standard InChI is InChI=1S/C25H29N5O3/c1-2-3-14-30-23(32)25(28-24(30)33,13-7-10-19-8-5-4-6-9-19)20-11-15-29(16-12-20)22(31)21-17-26-18-27-21/h4-6,8-9,17-18,20H,7,10-16H2,1H3,(H,26,27)(H,28,33)/t25-/m1/s1. The fourth-order valence-corrected chi connectivity index (χ4v) is 4.93. The molecule has 1 aromatic carbocycles. The van der Waals surface area contributed by atoms with Crippen molar-refractivity contribution in [1.29, 1.82) is 0 Å². The summed E-state index contributed by atoms with van der Waals surface area (Å²) < 4.78 is 0. The van der Waals surface area contributed by atoms with Gasteiger partial charge in [0.1, 0.15) is 11.2 Å². The monoisotopic (exact) mass is 447 g/mol. The second kappa shape index (κ2) is 9.90. The molecule has 8 nitrogen and oxygen atoms in total. The molecule has 0 saturated carbocycles. The second-order valence-corrected chi connectivity index (χ2v) is 8.59. The number of amides is 4. The molecule has 172 valence electrons. The number of urea groups is 1. The molecule has 1 aromatic heterocycles. The smallest absolute Gasteiger partial charge is 0.325 e. The molecule has 2 N–H and O–H groups in total. The van der Waals surface area contributed by atoms with Gasteiger partial charge in [-0.15, -0.1) is 5.92 Å². The zero-order chi connectivity index (χ0) is 23.3. The zero-order valence-corrected chi connectivity index (χ0v) is 18.8. The number of aryl methyl sites for hydroxylation is 1. The van der Waals surface area contributed by atoms with Crippen LogP contribution in [0.5, 0.6) is 0 Å². The van der Waals surface area contributed by atoms with Gasteiger partial charge in [0, 0.05) is 13.1 Å². The lowest BCUT2D eigenvalue weighted by molar-refractivity contribution is -0.133. The molecule has 0 unspecified atom stereocenters. The summed E-state index contributed by atoms with van der Waals surface area (Å²) in [7, 11) is 0. The SMILES string of the molecule is CC#CCN1C(=O)N[C@](CCCc2ccccc2)(C2CCN(C(=O)c3cnc[nH]3)CC2)C1=O. The van der Waals surface area contributed by atoms with E-state index in [2.05, 4.69) is 39.3 Å². The van der Waals surface area contributed by atoms with Crippen LogP contribution in [0.3, 0.4) is 0 Å². The average molecular weight is 448 g/mol. The van der Waals surface area contributed by atoms with Crippen molar-refractivity contribution < 1.29 is 14.4 Å². The quantitative estimate of drug-likeness (QED) is 0.504. The number of H-pyrrole nitrogens is 1. The van der Waals surface area contributed by atoms with E-state index in [9.17, 15) is 14.4 Å². The summed E-state index contributed by atoms with van der Waals surface area (Å²) >= 11 is 0. The Kier molecular flexibility index (Phi) is 6.78. The molecule has 2 aromatic rings. The third kappa shape index (κ3) is 4.63. The summed E-state index contributed by atoms with van der Waals surface area (Å²) in [6.07, 6.45) is 6.46. The molecule has 2 fully saturated rings. The number of benzene rings is 1. The fourth-order valence-electron chi connectivity index (χ4n) is 4.93. The minimum absolute atomic E-state index is 0.0462. The van der Waals surface area contributed by atoms with Gasteiger partial charge in [0.15, 0.2) is 0 Å². The van der Waals surface area contributed by atoms with Crippen LogP contribution in [0.15, 0.2) is 42.9 Å². The summed E-state index contributed by atoms with van der Waals surface area (Å²) in [4.78, 5) is 48.8. The number of aromatic nitrogens is 2. The lowest BCUT2D eigenvalue weighted by Crippen LogP contribution is -2.56. The Morgan fingerprint density at radius 1 is 1.21 bits per heavy atom. The van der Waals surface area contributed by atoms with Crippen LogP contribution in [0.2, 0.25) is 0 Å². The average Bonchev–Trinajstić information content (AvgIpc) is 3.46. The van der Waals surface area contributed by atoms with Crippen molar-refractivity contribution in [3.63, 3.8) is 0 Å². The molecule has 0 aliphatic carbocycles. The Bertz CT molecular complexity index is 1050. The van der Waals surface area contributed by atoms with Gasteiger partial charge in [-0.2, -0.15) is 0 Å². The van der Waals surface area contributed by atoms with Crippen LogP contribution >= 0.6 is 0 Å². The van der Waals surface area contributed by atoms with E-state index in [1.165, 1.54) is 23.0 Å². The number of hydrogen-bond acceptors (Lipinski definition) is 4. The van der Waals surface area contributed by atoms with Gasteiger partial charge in [-0.1, -0.05) is 36.3 Å². The highest BCUT2D eigenvalue weighted by Crippen LogP contribution is 2.37. The molecule has 2 saturated heterocycles. The first-order valence-corrected chi connectivity index (χ1v) is 11.4. The molecule has 2 aliphatic rings. The van der Waals surface area contributed by atoms with E-state index in [-0.39, 0.29) is 30.3 Å². The lowest BCUT2D eigenvalue weighted by Gasteiger charge is -2.41. The molecule has 8 heteroatoms. The van der Waals surface area contributed by atoms with Gasteiger partial charge >= 0.3 is 6.03 Å². The molecule has 0 bridgehead atoms. The zero-order valence-electron chi connectivity index (χ0n) is 18.8. The summed E-state index contributed by atoms with van der Waals surface area (Å²) in [5.41, 5.74) is 0.711. The highest BCUT2D eigenvalue weighted by Gasteiger charge is 2.55. The van der Waals surface area contributed by atoms with Crippen LogP contribution in [-0.2, 0) is 11.2 Å². The summed E-state index contributed by atoms with van der Waals surface area (Å²) in [5.74, 6) is 5.27. The normalized spacial score (nSPS) is 21.0. The predicted molar refractivity (Wildman–Crippen MR) is 123 cm³/mol. The summed E-state index contributed by atoms with van der Waals surface area (Å²) in [6, 6.07) is 9.76. The molecular formula is C25H29N5O3. The van der Waals surface area contributed by atoms with Gasteiger partial charge in [-0.25, -0.2) is 9.78 Å². The van der Waals surface area contributed by atoms with E-state index in [1.54, 1.807) is 11.8 Å². The highest BCUT2D eigenvalue weighted by atomic mass is 16.2. The number of piperidine rings is 1. The van der Waals surface area contributed by atoms with E-state index < -0.39 is 5.54 Å². The maximum Gasteiger partial charge on any atom is 0.325 e. The first-order valence-electron chi connectivity index (χ1n) is 11.4. The van der Waals surface area contributed by atoms with E-state index in [0.717, 1.165) is 12.8 Å². The van der Waals surface area contributed by atoms with Gasteiger partial charge in [-0.05, 0) is 50.5 Å². The largest absolute Gasteiger partial charge is 0.341 e. The van der Waals surface area contributed by atoms with Crippen LogP contribution in [0.25, 0.3) is 0 Å². The van der Waals surface area contributed by atoms with Gasteiger partial charge < -0.3 is 15.2 Å². The Morgan fingerprint density at radius 3 is 2.64 bits per heavy atom. The number of imide groups is 1. The molecule has 0 radical (unpaired) electrons. The van der Waals surface area contributed by atoms with Crippen LogP contribution < -0.4 is 5.32 Å². The number of carbonyl (C=O) groups is 3. The first kappa shape index (κ1) is 22.6. The van der Waals surface area contributed by atoms with Crippen molar-refractivity contribution in [2.45, 2.75) is 44.6 Å². The van der Waals surface area contributed by atoms with Crippen molar-refractivity contribution in [2.75, 3.05) is 19.6 Å². The van der Waals surface area contributed by atoms with E-state index in [1.807, 2.05) is 18.2 Å². The predicted octanol–water partition coefficient (Wildman–Crippen LogP) is 2.60. The molecule has 0 spiro atoms. The number of nitrogens with one attached hydrogen (secondary N) is 2.